The zero-order valence-corrected chi connectivity index (χ0v) is 15.4. The van der Waals surface area contributed by atoms with Gasteiger partial charge in [-0.15, -0.1) is 0 Å². The van der Waals surface area contributed by atoms with Crippen molar-refractivity contribution >= 4 is 0 Å². The lowest BCUT2D eigenvalue weighted by molar-refractivity contribution is 0.124. The Morgan fingerprint density at radius 3 is 1.30 bits per heavy atom. The molecule has 136 valence electrons. The second kappa shape index (κ2) is 21.0. The Morgan fingerprint density at radius 2 is 0.913 bits per heavy atom. The fraction of sp³-hybridized carbons (Fsp3) is 0.800. The number of hydrogen-bond acceptors (Lipinski definition) is 3. The summed E-state index contributed by atoms with van der Waals surface area (Å²) >= 11 is 0. The third-order valence-corrected chi connectivity index (χ3v) is 3.46. The Labute approximate surface area is 144 Å². The molecule has 0 heterocycles. The summed E-state index contributed by atoms with van der Waals surface area (Å²) < 4.78 is 16.4. The molecule has 0 radical (unpaired) electrons. The normalized spacial score (nSPS) is 11.6. The molecular weight excluding hydrogens is 288 g/mol. The van der Waals surface area contributed by atoms with Gasteiger partial charge >= 0.3 is 0 Å². The van der Waals surface area contributed by atoms with Crippen molar-refractivity contribution in [3.63, 3.8) is 0 Å². The number of ether oxygens (including phenoxy) is 3. The van der Waals surface area contributed by atoms with Gasteiger partial charge in [0.25, 0.3) is 0 Å². The molecule has 0 fully saturated rings. The van der Waals surface area contributed by atoms with E-state index in [-0.39, 0.29) is 0 Å². The molecule has 0 saturated carbocycles. The van der Waals surface area contributed by atoms with Gasteiger partial charge in [-0.3, -0.25) is 0 Å². The molecule has 23 heavy (non-hydrogen) atoms. The summed E-state index contributed by atoms with van der Waals surface area (Å²) in [4.78, 5) is 0. The Kier molecular flexibility index (Phi) is 20.2. The number of allylic oxidation sites excluding steroid dienone is 2. The second-order valence-corrected chi connectivity index (χ2v) is 5.74. The van der Waals surface area contributed by atoms with E-state index in [4.69, 9.17) is 14.2 Å². The number of unbranched alkanes of at least 4 members (excludes halogenated alkanes) is 6. The van der Waals surface area contributed by atoms with Crippen LogP contribution in [0.1, 0.15) is 78.1 Å². The van der Waals surface area contributed by atoms with Crippen molar-refractivity contribution in [1.82, 2.24) is 0 Å². The molecule has 0 spiro atoms. The first-order chi connectivity index (χ1) is 11.4. The van der Waals surface area contributed by atoms with E-state index >= 15 is 0 Å². The third-order valence-electron chi connectivity index (χ3n) is 3.46. The molecule has 0 aliphatic heterocycles. The van der Waals surface area contributed by atoms with Crippen LogP contribution in [-0.2, 0) is 14.2 Å². The van der Waals surface area contributed by atoms with E-state index in [1.807, 2.05) is 24.7 Å². The molecular formula is C20H38O3. The van der Waals surface area contributed by atoms with Crippen molar-refractivity contribution in [1.29, 1.82) is 0 Å². The average Bonchev–Trinajstić information content (AvgIpc) is 2.57. The van der Waals surface area contributed by atoms with Gasteiger partial charge < -0.3 is 14.2 Å². The maximum Gasteiger partial charge on any atom is 0.0873 e. The van der Waals surface area contributed by atoms with Crippen LogP contribution in [0.5, 0.6) is 0 Å². The van der Waals surface area contributed by atoms with Crippen molar-refractivity contribution < 1.29 is 14.2 Å². The summed E-state index contributed by atoms with van der Waals surface area (Å²) in [7, 11) is 0. The van der Waals surface area contributed by atoms with Crippen LogP contribution in [0.4, 0.5) is 0 Å². The van der Waals surface area contributed by atoms with Crippen LogP contribution in [0.15, 0.2) is 24.7 Å². The Hall–Kier alpha value is -0.960. The first-order valence-corrected chi connectivity index (χ1v) is 9.52. The van der Waals surface area contributed by atoms with Gasteiger partial charge in [-0.2, -0.15) is 0 Å². The zero-order valence-electron chi connectivity index (χ0n) is 15.4. The minimum atomic E-state index is 0.843. The molecule has 0 aliphatic carbocycles. The van der Waals surface area contributed by atoms with E-state index in [0.717, 1.165) is 52.1 Å². The smallest absolute Gasteiger partial charge is 0.0873 e. The van der Waals surface area contributed by atoms with E-state index in [1.165, 1.54) is 38.5 Å². The van der Waals surface area contributed by atoms with Crippen LogP contribution in [0.2, 0.25) is 0 Å². The van der Waals surface area contributed by atoms with Crippen LogP contribution >= 0.6 is 0 Å². The molecule has 0 aromatic rings. The Bertz CT molecular complexity index is 236. The van der Waals surface area contributed by atoms with Gasteiger partial charge in [0.1, 0.15) is 0 Å². The monoisotopic (exact) mass is 326 g/mol. The quantitative estimate of drug-likeness (QED) is 0.228. The van der Waals surface area contributed by atoms with Gasteiger partial charge in [-0.1, -0.05) is 38.8 Å². The molecule has 0 atom stereocenters. The molecule has 0 aliphatic rings. The van der Waals surface area contributed by atoms with Crippen LogP contribution < -0.4 is 0 Å². The topological polar surface area (TPSA) is 27.7 Å². The average molecular weight is 327 g/mol. The zero-order chi connectivity index (χ0) is 16.8. The van der Waals surface area contributed by atoms with Crippen molar-refractivity contribution in [3.8, 4) is 0 Å². The number of hydrogen-bond donors (Lipinski definition) is 0. The highest BCUT2D eigenvalue weighted by Gasteiger charge is 1.93. The van der Waals surface area contributed by atoms with Gasteiger partial charge in [0.15, 0.2) is 0 Å². The molecule has 0 aromatic carbocycles. The van der Waals surface area contributed by atoms with Crippen molar-refractivity contribution in [2.24, 2.45) is 0 Å². The molecule has 0 aromatic heterocycles. The molecule has 3 heteroatoms. The van der Waals surface area contributed by atoms with Crippen LogP contribution in [-0.4, -0.2) is 26.4 Å². The maximum absolute atomic E-state index is 5.67. The minimum absolute atomic E-state index is 0.843. The lowest BCUT2D eigenvalue weighted by Crippen LogP contribution is -1.98. The standard InChI is InChI=1S/C20H38O3/c1-3-5-15-21-17-11-7-9-13-19-23-20-14-10-8-12-18-22-16-6-4-2/h5-6,15-16H,3-4,7-14,17-20H2,1-2H3/b15-5+,16-6+. The fourth-order valence-corrected chi connectivity index (χ4v) is 2.05. The molecule has 0 amide bonds. The summed E-state index contributed by atoms with van der Waals surface area (Å²) in [6, 6.07) is 0. The molecule has 0 saturated heterocycles. The van der Waals surface area contributed by atoms with Gasteiger partial charge in [-0.05, 0) is 51.4 Å². The first kappa shape index (κ1) is 22.0. The van der Waals surface area contributed by atoms with E-state index in [9.17, 15) is 0 Å². The predicted octanol–water partition coefficient (Wildman–Crippen LogP) is 6.00. The molecule has 3 nitrogen and oxygen atoms in total. The predicted molar refractivity (Wildman–Crippen MR) is 98.5 cm³/mol. The summed E-state index contributed by atoms with van der Waals surface area (Å²) in [5.74, 6) is 0. The Morgan fingerprint density at radius 1 is 0.522 bits per heavy atom. The molecule has 0 N–H and O–H groups in total. The summed E-state index contributed by atoms with van der Waals surface area (Å²) in [5.41, 5.74) is 0. The highest BCUT2D eigenvalue weighted by molar-refractivity contribution is 4.70. The Balaban J connectivity index is 3.00. The van der Waals surface area contributed by atoms with Crippen molar-refractivity contribution in [3.05, 3.63) is 24.7 Å². The van der Waals surface area contributed by atoms with Crippen LogP contribution in [0.25, 0.3) is 0 Å². The van der Waals surface area contributed by atoms with Crippen molar-refractivity contribution in [2.75, 3.05) is 26.4 Å². The number of rotatable bonds is 18. The second-order valence-electron chi connectivity index (χ2n) is 5.74. The highest BCUT2D eigenvalue weighted by Crippen LogP contribution is 2.03. The highest BCUT2D eigenvalue weighted by atomic mass is 16.5. The third kappa shape index (κ3) is 21.0. The summed E-state index contributed by atoms with van der Waals surface area (Å²) in [6.45, 7) is 7.72. The molecule has 0 rings (SSSR count). The first-order valence-electron chi connectivity index (χ1n) is 9.52. The fourth-order valence-electron chi connectivity index (χ4n) is 2.05. The SMILES string of the molecule is CC/C=C/OCCCCCCOCCCCCCO/C=C/CC. The van der Waals surface area contributed by atoms with Crippen LogP contribution in [0, 0.1) is 0 Å². The summed E-state index contributed by atoms with van der Waals surface area (Å²) in [5, 5.41) is 0. The molecule has 0 bridgehead atoms. The van der Waals surface area contributed by atoms with Gasteiger partial charge in [0.2, 0.25) is 0 Å². The lowest BCUT2D eigenvalue weighted by Gasteiger charge is -2.05. The minimum Gasteiger partial charge on any atom is -0.502 e. The maximum atomic E-state index is 5.67. The van der Waals surface area contributed by atoms with E-state index in [0.29, 0.717) is 0 Å². The van der Waals surface area contributed by atoms with Gasteiger partial charge in [-0.25, -0.2) is 0 Å². The van der Waals surface area contributed by atoms with Gasteiger partial charge in [0.05, 0.1) is 25.7 Å². The van der Waals surface area contributed by atoms with Gasteiger partial charge in [0, 0.05) is 13.2 Å². The lowest BCUT2D eigenvalue weighted by atomic mass is 10.2. The van der Waals surface area contributed by atoms with E-state index in [2.05, 4.69) is 13.8 Å². The van der Waals surface area contributed by atoms with Crippen LogP contribution in [0.3, 0.4) is 0 Å². The largest absolute Gasteiger partial charge is 0.502 e. The van der Waals surface area contributed by atoms with E-state index < -0.39 is 0 Å². The summed E-state index contributed by atoms with van der Waals surface area (Å²) in [6.07, 6.45) is 19.4. The van der Waals surface area contributed by atoms with Crippen molar-refractivity contribution in [2.45, 2.75) is 78.1 Å². The van der Waals surface area contributed by atoms with E-state index in [1.54, 1.807) is 0 Å². The molecule has 0 unspecified atom stereocenters.